The van der Waals surface area contributed by atoms with Crippen LogP contribution in [0.15, 0.2) is 0 Å². The molecule has 2 fully saturated rings. The number of rotatable bonds is 3. The zero-order valence-electron chi connectivity index (χ0n) is 11.1. The van der Waals surface area contributed by atoms with Gasteiger partial charge in [-0.25, -0.2) is 0 Å². The zero-order valence-corrected chi connectivity index (χ0v) is 11.1. The Hall–Kier alpha value is -0.0800. The monoisotopic (exact) mass is 224 g/mol. The maximum absolute atomic E-state index is 2.76. The highest BCUT2D eigenvalue weighted by Gasteiger charge is 2.26. The lowest BCUT2D eigenvalue weighted by atomic mass is 9.93. The molecule has 1 saturated carbocycles. The molecule has 1 atom stereocenters. The molecule has 2 aliphatic rings. The van der Waals surface area contributed by atoms with E-state index in [1.54, 1.807) is 0 Å². The second kappa shape index (κ2) is 6.02. The first kappa shape index (κ1) is 12.4. The first-order valence-electron chi connectivity index (χ1n) is 7.29. The van der Waals surface area contributed by atoms with Gasteiger partial charge in [0.25, 0.3) is 0 Å². The van der Waals surface area contributed by atoms with Gasteiger partial charge in [0.15, 0.2) is 0 Å². The van der Waals surface area contributed by atoms with Crippen molar-refractivity contribution in [3.05, 3.63) is 0 Å². The van der Waals surface area contributed by atoms with Gasteiger partial charge in [0.1, 0.15) is 0 Å². The van der Waals surface area contributed by atoms with Crippen LogP contribution in [0.2, 0.25) is 0 Å². The largest absolute Gasteiger partial charge is 0.298 e. The molecule has 0 spiro atoms. The molecule has 1 heterocycles. The quantitative estimate of drug-likeness (QED) is 0.727. The SMILES string of the molecule is CCC(C)N1CCN(C2CCCCC2)CC1. The predicted octanol–water partition coefficient (Wildman–Crippen LogP) is 2.74. The van der Waals surface area contributed by atoms with E-state index >= 15 is 0 Å². The van der Waals surface area contributed by atoms with Crippen molar-refractivity contribution in [2.45, 2.75) is 64.5 Å². The van der Waals surface area contributed by atoms with E-state index in [9.17, 15) is 0 Å². The van der Waals surface area contributed by atoms with E-state index in [1.807, 2.05) is 0 Å². The minimum atomic E-state index is 0.786. The van der Waals surface area contributed by atoms with E-state index in [1.165, 1.54) is 64.7 Å². The Morgan fingerprint density at radius 3 is 2.19 bits per heavy atom. The van der Waals surface area contributed by atoms with Crippen molar-refractivity contribution in [2.75, 3.05) is 26.2 Å². The molecule has 0 aromatic heterocycles. The number of piperazine rings is 1. The van der Waals surface area contributed by atoms with Gasteiger partial charge in [0.2, 0.25) is 0 Å². The molecule has 2 nitrogen and oxygen atoms in total. The van der Waals surface area contributed by atoms with E-state index in [2.05, 4.69) is 23.6 Å². The summed E-state index contributed by atoms with van der Waals surface area (Å²) in [5.74, 6) is 0. The van der Waals surface area contributed by atoms with Crippen molar-refractivity contribution >= 4 is 0 Å². The minimum Gasteiger partial charge on any atom is -0.298 e. The van der Waals surface area contributed by atoms with Crippen molar-refractivity contribution in [3.8, 4) is 0 Å². The topological polar surface area (TPSA) is 6.48 Å². The summed E-state index contributed by atoms with van der Waals surface area (Å²) in [5.41, 5.74) is 0. The summed E-state index contributed by atoms with van der Waals surface area (Å²) in [4.78, 5) is 5.43. The maximum atomic E-state index is 2.76. The third-order valence-corrected chi connectivity index (χ3v) is 4.65. The standard InChI is InChI=1S/C14H28N2/c1-3-13(2)15-9-11-16(12-10-15)14-7-5-4-6-8-14/h13-14H,3-12H2,1-2H3. The van der Waals surface area contributed by atoms with Crippen molar-refractivity contribution in [1.29, 1.82) is 0 Å². The second-order valence-electron chi connectivity index (χ2n) is 5.62. The summed E-state index contributed by atoms with van der Waals surface area (Å²) in [6, 6.07) is 1.71. The van der Waals surface area contributed by atoms with Crippen LogP contribution in [0.25, 0.3) is 0 Å². The zero-order chi connectivity index (χ0) is 11.4. The van der Waals surface area contributed by atoms with Gasteiger partial charge in [-0.15, -0.1) is 0 Å². The molecule has 0 aromatic rings. The van der Waals surface area contributed by atoms with Gasteiger partial charge in [-0.1, -0.05) is 26.2 Å². The molecule has 1 saturated heterocycles. The molecule has 1 aliphatic carbocycles. The van der Waals surface area contributed by atoms with Gasteiger partial charge in [-0.2, -0.15) is 0 Å². The van der Waals surface area contributed by atoms with Crippen LogP contribution in [0.4, 0.5) is 0 Å². The fourth-order valence-corrected chi connectivity index (χ4v) is 3.25. The van der Waals surface area contributed by atoms with Crippen LogP contribution in [0.3, 0.4) is 0 Å². The Morgan fingerprint density at radius 2 is 1.62 bits per heavy atom. The lowest BCUT2D eigenvalue weighted by Crippen LogP contribution is -2.52. The summed E-state index contributed by atoms with van der Waals surface area (Å²) in [6.07, 6.45) is 8.63. The van der Waals surface area contributed by atoms with Crippen molar-refractivity contribution in [2.24, 2.45) is 0 Å². The minimum absolute atomic E-state index is 0.786. The van der Waals surface area contributed by atoms with E-state index in [0.29, 0.717) is 0 Å². The Bertz CT molecular complexity index is 191. The summed E-state index contributed by atoms with van der Waals surface area (Å²) in [5, 5.41) is 0. The summed E-state index contributed by atoms with van der Waals surface area (Å²) >= 11 is 0. The van der Waals surface area contributed by atoms with Crippen LogP contribution in [0, 0.1) is 0 Å². The van der Waals surface area contributed by atoms with Gasteiger partial charge in [-0.05, 0) is 26.2 Å². The van der Waals surface area contributed by atoms with E-state index in [0.717, 1.165) is 12.1 Å². The molecule has 1 aliphatic heterocycles. The van der Waals surface area contributed by atoms with Crippen LogP contribution in [0.1, 0.15) is 52.4 Å². The van der Waals surface area contributed by atoms with Crippen LogP contribution in [0.5, 0.6) is 0 Å². The van der Waals surface area contributed by atoms with Crippen LogP contribution < -0.4 is 0 Å². The molecular weight excluding hydrogens is 196 g/mol. The highest BCUT2D eigenvalue weighted by atomic mass is 15.3. The highest BCUT2D eigenvalue weighted by Crippen LogP contribution is 2.23. The normalized spacial score (nSPS) is 28.1. The molecule has 0 bridgehead atoms. The fraction of sp³-hybridized carbons (Fsp3) is 1.00. The van der Waals surface area contributed by atoms with Crippen LogP contribution in [-0.2, 0) is 0 Å². The third-order valence-electron chi connectivity index (χ3n) is 4.65. The Balaban J connectivity index is 1.75. The second-order valence-corrected chi connectivity index (χ2v) is 5.62. The van der Waals surface area contributed by atoms with Crippen LogP contribution >= 0.6 is 0 Å². The molecular formula is C14H28N2. The smallest absolute Gasteiger partial charge is 0.0113 e. The van der Waals surface area contributed by atoms with Crippen molar-refractivity contribution < 1.29 is 0 Å². The number of hydrogen-bond acceptors (Lipinski definition) is 2. The molecule has 0 amide bonds. The molecule has 0 radical (unpaired) electrons. The Morgan fingerprint density at radius 1 is 1.00 bits per heavy atom. The molecule has 94 valence electrons. The first-order chi connectivity index (χ1) is 7.81. The lowest BCUT2D eigenvalue weighted by molar-refractivity contribution is 0.0596. The lowest BCUT2D eigenvalue weighted by Gasteiger charge is -2.42. The summed E-state index contributed by atoms with van der Waals surface area (Å²) in [6.45, 7) is 9.90. The van der Waals surface area contributed by atoms with E-state index in [4.69, 9.17) is 0 Å². The molecule has 2 heteroatoms. The molecule has 2 rings (SSSR count). The predicted molar refractivity (Wildman–Crippen MR) is 69.8 cm³/mol. The Kier molecular flexibility index (Phi) is 4.66. The van der Waals surface area contributed by atoms with Gasteiger partial charge >= 0.3 is 0 Å². The molecule has 0 N–H and O–H groups in total. The number of hydrogen-bond donors (Lipinski definition) is 0. The highest BCUT2D eigenvalue weighted by molar-refractivity contribution is 4.82. The summed E-state index contributed by atoms with van der Waals surface area (Å²) < 4.78 is 0. The number of nitrogens with zero attached hydrogens (tertiary/aromatic N) is 2. The fourth-order valence-electron chi connectivity index (χ4n) is 3.25. The maximum Gasteiger partial charge on any atom is 0.0113 e. The van der Waals surface area contributed by atoms with Gasteiger partial charge in [-0.3, -0.25) is 9.80 Å². The van der Waals surface area contributed by atoms with Crippen LogP contribution in [-0.4, -0.2) is 48.1 Å². The molecule has 1 unspecified atom stereocenters. The molecule has 16 heavy (non-hydrogen) atoms. The van der Waals surface area contributed by atoms with Crippen molar-refractivity contribution in [1.82, 2.24) is 9.80 Å². The Labute approximate surface area is 101 Å². The average molecular weight is 224 g/mol. The third kappa shape index (κ3) is 2.98. The molecule has 0 aromatic carbocycles. The van der Waals surface area contributed by atoms with Gasteiger partial charge in [0.05, 0.1) is 0 Å². The van der Waals surface area contributed by atoms with E-state index < -0.39 is 0 Å². The van der Waals surface area contributed by atoms with E-state index in [-0.39, 0.29) is 0 Å². The van der Waals surface area contributed by atoms with Gasteiger partial charge < -0.3 is 0 Å². The average Bonchev–Trinajstić information content (AvgIpc) is 2.39. The summed E-state index contributed by atoms with van der Waals surface area (Å²) in [7, 11) is 0. The first-order valence-corrected chi connectivity index (χ1v) is 7.29. The van der Waals surface area contributed by atoms with Crippen molar-refractivity contribution in [3.63, 3.8) is 0 Å². The van der Waals surface area contributed by atoms with Gasteiger partial charge in [0, 0.05) is 38.3 Å².